The molecule has 0 fully saturated rings. The van der Waals surface area contributed by atoms with Crippen LogP contribution in [0.25, 0.3) is 0 Å². The number of nitro groups is 1. The summed E-state index contributed by atoms with van der Waals surface area (Å²) in [6.07, 6.45) is 1.13. The third kappa shape index (κ3) is 3.28. The summed E-state index contributed by atoms with van der Waals surface area (Å²) in [4.78, 5) is 13.8. The van der Waals surface area contributed by atoms with Gasteiger partial charge in [-0.25, -0.2) is 18.5 Å². The maximum absolute atomic E-state index is 11.1. The van der Waals surface area contributed by atoms with Crippen LogP contribution in [0.3, 0.4) is 0 Å². The summed E-state index contributed by atoms with van der Waals surface area (Å²) in [5, 5.41) is 18.3. The molecule has 8 nitrogen and oxygen atoms in total. The Hall–Kier alpha value is -2.52. The summed E-state index contributed by atoms with van der Waals surface area (Å²) >= 11 is 0. The highest BCUT2D eigenvalue weighted by Crippen LogP contribution is 2.18. The number of aromatic nitrogens is 1. The van der Waals surface area contributed by atoms with Crippen molar-refractivity contribution < 1.29 is 13.3 Å². The fraction of sp³-hybridized carbons (Fsp3) is 0. The number of hydrogen-bond acceptors (Lipinski definition) is 6. The van der Waals surface area contributed by atoms with Crippen molar-refractivity contribution in [3.8, 4) is 0 Å². The highest BCUT2D eigenvalue weighted by Gasteiger charge is 2.08. The first kappa shape index (κ1) is 13.9. The van der Waals surface area contributed by atoms with Gasteiger partial charge in [0.25, 0.3) is 5.69 Å². The Morgan fingerprint density at radius 1 is 1.15 bits per heavy atom. The molecular weight excluding hydrogens is 284 g/mol. The van der Waals surface area contributed by atoms with Crippen molar-refractivity contribution >= 4 is 27.2 Å². The van der Waals surface area contributed by atoms with E-state index in [0.29, 0.717) is 11.5 Å². The zero-order valence-electron chi connectivity index (χ0n) is 10.1. The molecule has 0 amide bonds. The van der Waals surface area contributed by atoms with Gasteiger partial charge in [0.15, 0.2) is 0 Å². The molecule has 2 rings (SSSR count). The van der Waals surface area contributed by atoms with Crippen molar-refractivity contribution in [3.63, 3.8) is 0 Å². The molecule has 0 spiro atoms. The first-order valence-corrected chi connectivity index (χ1v) is 6.91. The molecule has 1 aromatic carbocycles. The molecule has 1 heterocycles. The van der Waals surface area contributed by atoms with Gasteiger partial charge in [-0.3, -0.25) is 10.1 Å². The molecular formula is C11H10N4O4S. The lowest BCUT2D eigenvalue weighted by Crippen LogP contribution is -2.11. The number of nitrogens with one attached hydrogen (secondary N) is 1. The van der Waals surface area contributed by atoms with E-state index in [1.165, 1.54) is 36.4 Å². The topological polar surface area (TPSA) is 128 Å². The summed E-state index contributed by atoms with van der Waals surface area (Å²) in [6, 6.07) is 8.50. The second-order valence-electron chi connectivity index (χ2n) is 3.85. The largest absolute Gasteiger partial charge is 0.340 e. The van der Waals surface area contributed by atoms with Crippen LogP contribution in [0.5, 0.6) is 0 Å². The standard InChI is InChI=1S/C11H10N4O4S/c12-20(18,19)10-4-1-8(2-5-10)14-11-6-3-9(7-13-11)15(16)17/h1-7H,(H,13,14)(H2,12,18,19). The molecule has 0 saturated carbocycles. The van der Waals surface area contributed by atoms with Gasteiger partial charge in [-0.1, -0.05) is 0 Å². The Bertz CT molecular complexity index is 726. The minimum atomic E-state index is -3.73. The van der Waals surface area contributed by atoms with Crippen LogP contribution < -0.4 is 10.5 Å². The maximum atomic E-state index is 11.1. The number of benzene rings is 1. The number of rotatable bonds is 4. The second kappa shape index (κ2) is 5.23. The van der Waals surface area contributed by atoms with Gasteiger partial charge in [-0.2, -0.15) is 0 Å². The highest BCUT2D eigenvalue weighted by atomic mass is 32.2. The van der Waals surface area contributed by atoms with Gasteiger partial charge in [0, 0.05) is 11.8 Å². The SMILES string of the molecule is NS(=O)(=O)c1ccc(Nc2ccc([N+](=O)[O-])cn2)cc1. The van der Waals surface area contributed by atoms with E-state index in [0.717, 1.165) is 6.20 Å². The van der Waals surface area contributed by atoms with Gasteiger partial charge in [-0.05, 0) is 30.3 Å². The minimum Gasteiger partial charge on any atom is -0.340 e. The van der Waals surface area contributed by atoms with Gasteiger partial charge in [0.2, 0.25) is 10.0 Å². The average molecular weight is 294 g/mol. The molecule has 104 valence electrons. The first-order chi connectivity index (χ1) is 9.36. The van der Waals surface area contributed by atoms with E-state index in [9.17, 15) is 18.5 Å². The number of sulfonamides is 1. The fourth-order valence-corrected chi connectivity index (χ4v) is 1.96. The predicted molar refractivity (Wildman–Crippen MR) is 72.0 cm³/mol. The molecule has 1 aromatic heterocycles. The molecule has 9 heteroatoms. The molecule has 3 N–H and O–H groups in total. The van der Waals surface area contributed by atoms with E-state index >= 15 is 0 Å². The van der Waals surface area contributed by atoms with Crippen molar-refractivity contribution in [2.24, 2.45) is 5.14 Å². The average Bonchev–Trinajstić information content (AvgIpc) is 2.39. The van der Waals surface area contributed by atoms with Crippen molar-refractivity contribution in [1.82, 2.24) is 4.98 Å². The Labute approximate surface area is 114 Å². The highest BCUT2D eigenvalue weighted by molar-refractivity contribution is 7.89. The smallest absolute Gasteiger partial charge is 0.287 e. The van der Waals surface area contributed by atoms with Crippen molar-refractivity contribution in [2.45, 2.75) is 4.90 Å². The van der Waals surface area contributed by atoms with Crippen molar-refractivity contribution in [1.29, 1.82) is 0 Å². The van der Waals surface area contributed by atoms with E-state index in [2.05, 4.69) is 10.3 Å². The van der Waals surface area contributed by atoms with Crippen LogP contribution >= 0.6 is 0 Å². The van der Waals surface area contributed by atoms with Crippen LogP contribution in [0.2, 0.25) is 0 Å². The zero-order chi connectivity index (χ0) is 14.8. The normalized spacial score (nSPS) is 11.1. The number of pyridine rings is 1. The maximum Gasteiger partial charge on any atom is 0.287 e. The van der Waals surface area contributed by atoms with E-state index in [-0.39, 0.29) is 10.6 Å². The number of nitrogens with two attached hydrogens (primary N) is 1. The van der Waals surface area contributed by atoms with E-state index in [4.69, 9.17) is 5.14 Å². The minimum absolute atomic E-state index is 0.000270. The van der Waals surface area contributed by atoms with Crippen LogP contribution in [-0.2, 0) is 10.0 Å². The predicted octanol–water partition coefficient (Wildman–Crippen LogP) is 1.38. The Kier molecular flexibility index (Phi) is 3.63. The first-order valence-electron chi connectivity index (χ1n) is 5.36. The summed E-state index contributed by atoms with van der Waals surface area (Å²) in [5.74, 6) is 0.402. The molecule has 0 unspecified atom stereocenters. The van der Waals surface area contributed by atoms with Crippen LogP contribution in [0.1, 0.15) is 0 Å². The van der Waals surface area contributed by atoms with Crippen molar-refractivity contribution in [3.05, 3.63) is 52.7 Å². The second-order valence-corrected chi connectivity index (χ2v) is 5.41. The van der Waals surface area contributed by atoms with E-state index in [1.807, 2.05) is 0 Å². The number of anilines is 2. The lowest BCUT2D eigenvalue weighted by molar-refractivity contribution is -0.385. The molecule has 0 radical (unpaired) electrons. The Balaban J connectivity index is 2.16. The third-order valence-electron chi connectivity index (χ3n) is 2.41. The van der Waals surface area contributed by atoms with Gasteiger partial charge in [0.1, 0.15) is 12.0 Å². The molecule has 20 heavy (non-hydrogen) atoms. The molecule has 0 aliphatic rings. The quantitative estimate of drug-likeness (QED) is 0.647. The molecule has 2 aromatic rings. The van der Waals surface area contributed by atoms with Gasteiger partial charge in [0.05, 0.1) is 9.82 Å². The van der Waals surface area contributed by atoms with Gasteiger partial charge in [-0.15, -0.1) is 0 Å². The zero-order valence-corrected chi connectivity index (χ0v) is 10.9. The lowest BCUT2D eigenvalue weighted by atomic mass is 10.3. The molecule has 0 bridgehead atoms. The Morgan fingerprint density at radius 3 is 2.25 bits per heavy atom. The molecule has 0 atom stereocenters. The third-order valence-corrected chi connectivity index (χ3v) is 3.34. The summed E-state index contributed by atoms with van der Waals surface area (Å²) in [6.45, 7) is 0. The van der Waals surface area contributed by atoms with Gasteiger partial charge < -0.3 is 5.32 Å². The fourth-order valence-electron chi connectivity index (χ4n) is 1.44. The van der Waals surface area contributed by atoms with Crippen LogP contribution in [0.4, 0.5) is 17.2 Å². The van der Waals surface area contributed by atoms with E-state index < -0.39 is 14.9 Å². The molecule has 0 saturated heterocycles. The number of hydrogen-bond donors (Lipinski definition) is 2. The Morgan fingerprint density at radius 2 is 1.80 bits per heavy atom. The van der Waals surface area contributed by atoms with E-state index in [1.54, 1.807) is 0 Å². The number of primary sulfonamides is 1. The van der Waals surface area contributed by atoms with Crippen LogP contribution in [0.15, 0.2) is 47.5 Å². The van der Waals surface area contributed by atoms with Crippen molar-refractivity contribution in [2.75, 3.05) is 5.32 Å². The summed E-state index contributed by atoms with van der Waals surface area (Å²) < 4.78 is 22.2. The molecule has 0 aliphatic heterocycles. The van der Waals surface area contributed by atoms with Gasteiger partial charge >= 0.3 is 0 Å². The lowest BCUT2D eigenvalue weighted by Gasteiger charge is -2.05. The number of nitrogens with zero attached hydrogens (tertiary/aromatic N) is 2. The summed E-state index contributed by atoms with van der Waals surface area (Å²) in [7, 11) is -3.73. The summed E-state index contributed by atoms with van der Waals surface area (Å²) in [5.41, 5.74) is 0.471. The van der Waals surface area contributed by atoms with Crippen LogP contribution in [0, 0.1) is 10.1 Å². The monoisotopic (exact) mass is 294 g/mol. The molecule has 0 aliphatic carbocycles. The van der Waals surface area contributed by atoms with Crippen LogP contribution in [-0.4, -0.2) is 18.3 Å².